The zero-order chi connectivity index (χ0) is 32.3. The van der Waals surface area contributed by atoms with Gasteiger partial charge in [-0.3, -0.25) is 14.4 Å². The van der Waals surface area contributed by atoms with E-state index in [9.17, 15) is 19.8 Å². The molecule has 0 saturated carbocycles. The number of carbonyl (C=O) groups is 2. The van der Waals surface area contributed by atoms with Crippen molar-refractivity contribution >= 4 is 17.5 Å². The third-order valence-electron chi connectivity index (χ3n) is 7.74. The van der Waals surface area contributed by atoms with Crippen LogP contribution in [0.4, 0.5) is 5.69 Å². The Labute approximate surface area is 265 Å². The summed E-state index contributed by atoms with van der Waals surface area (Å²) >= 11 is 0. The van der Waals surface area contributed by atoms with Crippen molar-refractivity contribution in [3.8, 4) is 11.8 Å². The van der Waals surface area contributed by atoms with E-state index in [-0.39, 0.29) is 30.7 Å². The smallest absolute Gasteiger partial charge is 0.252 e. The highest BCUT2D eigenvalue weighted by atomic mass is 16.7. The topological polar surface area (TPSA) is 114 Å². The molecule has 4 atom stereocenters. The summed E-state index contributed by atoms with van der Waals surface area (Å²) in [4.78, 5) is 34.0. The second kappa shape index (κ2) is 15.9. The van der Waals surface area contributed by atoms with E-state index in [4.69, 9.17) is 4.84 Å². The Kier molecular flexibility index (Phi) is 11.8. The summed E-state index contributed by atoms with van der Waals surface area (Å²) in [5.41, 5.74) is 4.30. The SMILES string of the molecule is C=C(O)[C@H]1ON(Cc2cccc(C#CCNC(=O)c3ccc(C)cc3)c2)[C@@H](C(=O)NCCCN(C)c2ccccc2)[C@H]1[C@@H](C)O. The Bertz CT molecular complexity index is 1510. The fourth-order valence-corrected chi connectivity index (χ4v) is 5.33. The standard InChI is InChI=1S/C36H42N4O5/c1-25-16-18-30(19-17-25)35(43)37-20-9-13-28-11-8-12-29(23-28)24-40-33(32(26(2)41)34(45-40)27(3)42)36(44)38-21-10-22-39(4)31-14-6-5-7-15-31/h5-8,11-12,14-19,23,26,32-34,41-42H,3,10,20-22,24H2,1-2,4H3,(H,37,43)(H,38,44)/t26-,32-,33-,34-/m1/s1. The third-order valence-corrected chi connectivity index (χ3v) is 7.74. The molecule has 1 saturated heterocycles. The largest absolute Gasteiger partial charge is 0.510 e. The molecule has 0 unspecified atom stereocenters. The van der Waals surface area contributed by atoms with Crippen LogP contribution in [0.5, 0.6) is 0 Å². The molecular weight excluding hydrogens is 568 g/mol. The first kappa shape index (κ1) is 33.3. The average molecular weight is 611 g/mol. The molecule has 0 aromatic heterocycles. The number of aliphatic hydroxyl groups excluding tert-OH is 2. The molecule has 1 aliphatic rings. The van der Waals surface area contributed by atoms with Gasteiger partial charge in [0.15, 0.2) is 0 Å². The maximum absolute atomic E-state index is 13.5. The normalized spacial score (nSPS) is 18.4. The van der Waals surface area contributed by atoms with Gasteiger partial charge in [0.05, 0.1) is 19.2 Å². The molecule has 3 aromatic rings. The molecule has 4 rings (SSSR count). The maximum atomic E-state index is 13.5. The molecule has 2 amide bonds. The molecule has 1 fully saturated rings. The van der Waals surface area contributed by atoms with Crippen molar-refractivity contribution in [3.63, 3.8) is 0 Å². The molecule has 0 radical (unpaired) electrons. The van der Waals surface area contributed by atoms with Crippen molar-refractivity contribution in [2.45, 2.75) is 45.1 Å². The lowest BCUT2D eigenvalue weighted by atomic mass is 9.88. The van der Waals surface area contributed by atoms with Gasteiger partial charge in [-0.05, 0) is 62.2 Å². The van der Waals surface area contributed by atoms with Crippen molar-refractivity contribution in [1.82, 2.24) is 15.7 Å². The number of nitrogens with one attached hydrogen (secondary N) is 2. The molecule has 9 heteroatoms. The maximum Gasteiger partial charge on any atom is 0.252 e. The molecule has 45 heavy (non-hydrogen) atoms. The molecule has 3 aromatic carbocycles. The quantitative estimate of drug-likeness (QED) is 0.139. The van der Waals surface area contributed by atoms with E-state index in [0.29, 0.717) is 18.5 Å². The summed E-state index contributed by atoms with van der Waals surface area (Å²) in [6.45, 7) is 8.75. The number of aryl methyl sites for hydroxylation is 1. The lowest BCUT2D eigenvalue weighted by molar-refractivity contribution is -0.173. The van der Waals surface area contributed by atoms with Gasteiger partial charge in [-0.15, -0.1) is 0 Å². The number of anilines is 1. The first-order valence-electron chi connectivity index (χ1n) is 15.1. The molecule has 236 valence electrons. The Morgan fingerprint density at radius 1 is 1.07 bits per heavy atom. The minimum atomic E-state index is -0.948. The fourth-order valence-electron chi connectivity index (χ4n) is 5.33. The zero-order valence-electron chi connectivity index (χ0n) is 26.1. The van der Waals surface area contributed by atoms with Crippen molar-refractivity contribution in [3.05, 3.63) is 113 Å². The number of rotatable bonds is 12. The van der Waals surface area contributed by atoms with Crippen molar-refractivity contribution in [2.24, 2.45) is 5.92 Å². The summed E-state index contributed by atoms with van der Waals surface area (Å²) in [5.74, 6) is 4.58. The molecule has 0 bridgehead atoms. The number of aliphatic hydroxyl groups is 2. The third kappa shape index (κ3) is 9.19. The Balaban J connectivity index is 1.39. The van der Waals surface area contributed by atoms with Crippen LogP contribution in [0.15, 0.2) is 91.2 Å². The molecule has 9 nitrogen and oxygen atoms in total. The van der Waals surface area contributed by atoms with Crippen LogP contribution in [-0.2, 0) is 16.2 Å². The van der Waals surface area contributed by atoms with Crippen LogP contribution in [0, 0.1) is 24.7 Å². The van der Waals surface area contributed by atoms with Crippen LogP contribution >= 0.6 is 0 Å². The minimum absolute atomic E-state index is 0.186. The number of amides is 2. The van der Waals surface area contributed by atoms with Gasteiger partial charge in [0.2, 0.25) is 5.91 Å². The van der Waals surface area contributed by atoms with Crippen LogP contribution in [0.2, 0.25) is 0 Å². The molecule has 1 aliphatic heterocycles. The van der Waals surface area contributed by atoms with E-state index < -0.39 is 24.2 Å². The van der Waals surface area contributed by atoms with Crippen LogP contribution in [0.3, 0.4) is 0 Å². The van der Waals surface area contributed by atoms with E-state index in [1.807, 2.05) is 80.7 Å². The van der Waals surface area contributed by atoms with E-state index in [2.05, 4.69) is 34.0 Å². The molecule has 1 heterocycles. The van der Waals surface area contributed by atoms with Crippen LogP contribution in [0.1, 0.15) is 40.4 Å². The number of hydroxylamine groups is 2. The number of benzene rings is 3. The van der Waals surface area contributed by atoms with Gasteiger partial charge in [-0.2, -0.15) is 5.06 Å². The van der Waals surface area contributed by atoms with Gasteiger partial charge in [0.1, 0.15) is 17.9 Å². The van der Waals surface area contributed by atoms with E-state index >= 15 is 0 Å². The first-order chi connectivity index (χ1) is 21.6. The second-order valence-electron chi connectivity index (χ2n) is 11.3. The Morgan fingerprint density at radius 2 is 1.80 bits per heavy atom. The highest BCUT2D eigenvalue weighted by Crippen LogP contribution is 2.34. The van der Waals surface area contributed by atoms with Crippen molar-refractivity contribution < 1.29 is 24.6 Å². The summed E-state index contributed by atoms with van der Waals surface area (Å²) in [6.07, 6.45) is -1.17. The second-order valence-corrected chi connectivity index (χ2v) is 11.3. The van der Waals surface area contributed by atoms with E-state index in [1.54, 1.807) is 19.1 Å². The van der Waals surface area contributed by atoms with Gasteiger partial charge < -0.3 is 25.7 Å². The van der Waals surface area contributed by atoms with Gasteiger partial charge in [0.25, 0.3) is 5.91 Å². The van der Waals surface area contributed by atoms with Crippen LogP contribution < -0.4 is 15.5 Å². The molecule has 0 aliphatic carbocycles. The molecular formula is C36H42N4O5. The van der Waals surface area contributed by atoms with Gasteiger partial charge in [-0.1, -0.05) is 66.4 Å². The van der Waals surface area contributed by atoms with Crippen molar-refractivity contribution in [2.75, 3.05) is 31.6 Å². The highest BCUT2D eigenvalue weighted by Gasteiger charge is 2.50. The number of hydrogen-bond donors (Lipinski definition) is 4. The monoisotopic (exact) mass is 610 g/mol. The number of carbonyl (C=O) groups excluding carboxylic acids is 2. The molecule has 0 spiro atoms. The zero-order valence-corrected chi connectivity index (χ0v) is 26.1. The van der Waals surface area contributed by atoms with Crippen molar-refractivity contribution in [1.29, 1.82) is 0 Å². The first-order valence-corrected chi connectivity index (χ1v) is 15.1. The summed E-state index contributed by atoms with van der Waals surface area (Å²) in [5, 5.41) is 28.2. The fraction of sp³-hybridized carbons (Fsp3) is 0.333. The number of para-hydroxylation sites is 1. The number of hydrogen-bond acceptors (Lipinski definition) is 7. The Morgan fingerprint density at radius 3 is 2.49 bits per heavy atom. The summed E-state index contributed by atoms with van der Waals surface area (Å²) in [7, 11) is 2.00. The predicted molar refractivity (Wildman–Crippen MR) is 175 cm³/mol. The lowest BCUT2D eigenvalue weighted by Crippen LogP contribution is -2.49. The van der Waals surface area contributed by atoms with Gasteiger partial charge in [0, 0.05) is 42.9 Å². The highest BCUT2D eigenvalue weighted by molar-refractivity contribution is 5.94. The molecule has 4 N–H and O–H groups in total. The summed E-state index contributed by atoms with van der Waals surface area (Å²) in [6, 6.07) is 24.0. The summed E-state index contributed by atoms with van der Waals surface area (Å²) < 4.78 is 0. The van der Waals surface area contributed by atoms with Crippen LogP contribution in [0.25, 0.3) is 0 Å². The van der Waals surface area contributed by atoms with Gasteiger partial charge in [-0.25, -0.2) is 0 Å². The van der Waals surface area contributed by atoms with E-state index in [1.165, 1.54) is 5.06 Å². The lowest BCUT2D eigenvalue weighted by Gasteiger charge is -2.26. The number of nitrogens with zero attached hydrogens (tertiary/aromatic N) is 2. The predicted octanol–water partition coefficient (Wildman–Crippen LogP) is 3.97. The Hall–Kier alpha value is -4.62. The van der Waals surface area contributed by atoms with Gasteiger partial charge >= 0.3 is 0 Å². The average Bonchev–Trinajstić information content (AvgIpc) is 3.42. The van der Waals surface area contributed by atoms with E-state index in [0.717, 1.165) is 28.9 Å². The minimum Gasteiger partial charge on any atom is -0.510 e. The van der Waals surface area contributed by atoms with Crippen LogP contribution in [-0.4, -0.2) is 72.0 Å².